The van der Waals surface area contributed by atoms with Crippen molar-refractivity contribution in [2.45, 2.75) is 54.4 Å². The normalized spacial score (nSPS) is 18.1. The van der Waals surface area contributed by atoms with Crippen molar-refractivity contribution >= 4 is 23.3 Å². The number of ether oxygens (including phenoxy) is 2. The number of aryl methyl sites for hydroxylation is 1. The Hall–Kier alpha value is -2.59. The minimum absolute atomic E-state index is 0.0368. The van der Waals surface area contributed by atoms with Gasteiger partial charge in [0.1, 0.15) is 30.0 Å². The molecule has 0 saturated heterocycles. The molecule has 0 fully saturated rings. The van der Waals surface area contributed by atoms with Crippen LogP contribution in [-0.2, 0) is 14.3 Å². The third kappa shape index (κ3) is 6.70. The lowest BCUT2D eigenvalue weighted by atomic mass is 9.74. The highest BCUT2D eigenvalue weighted by molar-refractivity contribution is 5.80. The fourth-order valence-corrected chi connectivity index (χ4v) is 4.00. The van der Waals surface area contributed by atoms with Crippen molar-refractivity contribution in [3.05, 3.63) is 64.6 Å². The zero-order chi connectivity index (χ0) is 23.4. The summed E-state index contributed by atoms with van der Waals surface area (Å²) in [6, 6.07) is 8.25. The van der Waals surface area contributed by atoms with Gasteiger partial charge in [-0.2, -0.15) is 0 Å². The van der Waals surface area contributed by atoms with Crippen LogP contribution in [-0.4, -0.2) is 26.1 Å². The molecule has 0 spiro atoms. The van der Waals surface area contributed by atoms with Gasteiger partial charge in [0.25, 0.3) is 0 Å². The van der Waals surface area contributed by atoms with Crippen molar-refractivity contribution in [3.8, 4) is 0 Å². The average Bonchev–Trinajstić information content (AvgIpc) is 3.08. The Morgan fingerprint density at radius 3 is 2.59 bits per heavy atom. The van der Waals surface area contributed by atoms with Crippen LogP contribution in [0.4, 0.5) is 0 Å². The Kier molecular flexibility index (Phi) is 7.45. The van der Waals surface area contributed by atoms with Gasteiger partial charge in [-0.15, -0.1) is 0 Å². The molecule has 0 aliphatic heterocycles. The molecule has 1 heterocycles. The van der Waals surface area contributed by atoms with Gasteiger partial charge in [0, 0.05) is 5.39 Å². The SMILES string of the molecule is Cc1ccc2cc(/C=C/C3=C(OCCOCC(C)(C)C)C(=C/C=O)/CC(C)(C)C3)oc2c1. The Morgan fingerprint density at radius 1 is 1.09 bits per heavy atom. The highest BCUT2D eigenvalue weighted by Gasteiger charge is 2.30. The number of hydrogen-bond acceptors (Lipinski definition) is 4. The highest BCUT2D eigenvalue weighted by Crippen LogP contribution is 2.42. The van der Waals surface area contributed by atoms with E-state index >= 15 is 0 Å². The monoisotopic (exact) mass is 436 g/mol. The molecule has 0 bridgehead atoms. The van der Waals surface area contributed by atoms with E-state index in [1.54, 1.807) is 6.08 Å². The topological polar surface area (TPSA) is 48.7 Å². The largest absolute Gasteiger partial charge is 0.491 e. The molecule has 0 amide bonds. The second-order valence-corrected chi connectivity index (χ2v) is 10.7. The van der Waals surface area contributed by atoms with Crippen LogP contribution in [0.25, 0.3) is 17.0 Å². The van der Waals surface area contributed by atoms with E-state index in [1.165, 1.54) is 5.56 Å². The van der Waals surface area contributed by atoms with Crippen molar-refractivity contribution in [2.24, 2.45) is 10.8 Å². The lowest BCUT2D eigenvalue weighted by molar-refractivity contribution is -0.104. The summed E-state index contributed by atoms with van der Waals surface area (Å²) in [5.41, 5.74) is 4.22. The molecule has 32 heavy (non-hydrogen) atoms. The van der Waals surface area contributed by atoms with E-state index in [0.29, 0.717) is 19.8 Å². The summed E-state index contributed by atoms with van der Waals surface area (Å²) in [5.74, 6) is 1.59. The van der Waals surface area contributed by atoms with Crippen molar-refractivity contribution in [1.29, 1.82) is 0 Å². The minimum Gasteiger partial charge on any atom is -0.491 e. The molecule has 1 aromatic heterocycles. The molecule has 3 rings (SSSR count). The van der Waals surface area contributed by atoms with Crippen LogP contribution in [0.2, 0.25) is 0 Å². The van der Waals surface area contributed by atoms with Crippen molar-refractivity contribution in [1.82, 2.24) is 0 Å². The predicted octanol–water partition coefficient (Wildman–Crippen LogP) is 7.03. The Bertz CT molecular complexity index is 1040. The van der Waals surface area contributed by atoms with E-state index in [1.807, 2.05) is 18.2 Å². The van der Waals surface area contributed by atoms with Gasteiger partial charge in [-0.1, -0.05) is 52.8 Å². The fraction of sp³-hybridized carbons (Fsp3) is 0.464. The first-order valence-electron chi connectivity index (χ1n) is 11.3. The number of allylic oxidation sites excluding steroid dienone is 4. The Labute approximate surface area is 192 Å². The summed E-state index contributed by atoms with van der Waals surface area (Å²) in [5, 5.41) is 1.09. The maximum Gasteiger partial charge on any atom is 0.143 e. The smallest absolute Gasteiger partial charge is 0.143 e. The first-order valence-corrected chi connectivity index (χ1v) is 11.3. The van der Waals surface area contributed by atoms with Gasteiger partial charge < -0.3 is 13.9 Å². The quantitative estimate of drug-likeness (QED) is 0.253. The van der Waals surface area contributed by atoms with Gasteiger partial charge in [-0.3, -0.25) is 4.79 Å². The van der Waals surface area contributed by atoms with Crippen LogP contribution in [0, 0.1) is 17.8 Å². The number of carbonyl (C=O) groups excluding carboxylic acids is 1. The third-order valence-corrected chi connectivity index (χ3v) is 5.34. The predicted molar refractivity (Wildman–Crippen MR) is 130 cm³/mol. The summed E-state index contributed by atoms with van der Waals surface area (Å²) in [6.07, 6.45) is 8.19. The zero-order valence-corrected chi connectivity index (χ0v) is 20.3. The molecule has 0 saturated carbocycles. The first-order chi connectivity index (χ1) is 15.1. The second kappa shape index (κ2) is 9.91. The van der Waals surface area contributed by atoms with Crippen molar-refractivity contribution in [3.63, 3.8) is 0 Å². The lowest BCUT2D eigenvalue weighted by Crippen LogP contribution is -2.22. The van der Waals surface area contributed by atoms with Crippen LogP contribution in [0.5, 0.6) is 0 Å². The number of carbonyl (C=O) groups is 1. The number of benzene rings is 1. The molecule has 0 N–H and O–H groups in total. The van der Waals surface area contributed by atoms with E-state index in [4.69, 9.17) is 13.9 Å². The molecule has 0 unspecified atom stereocenters. The van der Waals surface area contributed by atoms with E-state index in [2.05, 4.69) is 59.8 Å². The van der Waals surface area contributed by atoms with Gasteiger partial charge in [-0.25, -0.2) is 0 Å². The van der Waals surface area contributed by atoms with E-state index in [9.17, 15) is 4.79 Å². The Balaban J connectivity index is 1.84. The molecule has 4 heteroatoms. The van der Waals surface area contributed by atoms with Crippen LogP contribution in [0.1, 0.15) is 58.8 Å². The molecule has 0 atom stereocenters. The maximum atomic E-state index is 11.3. The van der Waals surface area contributed by atoms with Gasteiger partial charge in [-0.05, 0) is 71.6 Å². The van der Waals surface area contributed by atoms with E-state index < -0.39 is 0 Å². The molecule has 4 nitrogen and oxygen atoms in total. The first kappa shape index (κ1) is 24.1. The summed E-state index contributed by atoms with van der Waals surface area (Å²) in [7, 11) is 0. The number of aldehydes is 1. The van der Waals surface area contributed by atoms with Crippen LogP contribution in [0.15, 0.2) is 57.7 Å². The van der Waals surface area contributed by atoms with Crippen LogP contribution >= 0.6 is 0 Å². The highest BCUT2D eigenvalue weighted by atomic mass is 16.5. The van der Waals surface area contributed by atoms with Crippen molar-refractivity contribution < 1.29 is 18.7 Å². The number of rotatable bonds is 8. The molecule has 2 aromatic rings. The molecular formula is C28H36O4. The molecule has 0 radical (unpaired) electrons. The Morgan fingerprint density at radius 2 is 1.88 bits per heavy atom. The number of hydrogen-bond donors (Lipinski definition) is 0. The van der Waals surface area contributed by atoms with Crippen LogP contribution < -0.4 is 0 Å². The standard InChI is InChI=1S/C28H36O4/c1-20-7-8-21-16-24(32-25(21)15-20)10-9-22-17-28(5,6)18-23(11-12-29)26(22)31-14-13-30-19-27(2,3)4/h7-12,15-16H,13-14,17-19H2,1-6H3/b10-9+,23-11+. The summed E-state index contributed by atoms with van der Waals surface area (Å²) >= 11 is 0. The third-order valence-electron chi connectivity index (χ3n) is 5.34. The maximum absolute atomic E-state index is 11.3. The molecule has 1 aliphatic carbocycles. The number of furan rings is 1. The van der Waals surface area contributed by atoms with Gasteiger partial charge in [0.05, 0.1) is 13.2 Å². The summed E-state index contributed by atoms with van der Waals surface area (Å²) < 4.78 is 17.9. The average molecular weight is 437 g/mol. The zero-order valence-electron chi connectivity index (χ0n) is 20.3. The lowest BCUT2D eigenvalue weighted by Gasteiger charge is -2.33. The van der Waals surface area contributed by atoms with Gasteiger partial charge >= 0.3 is 0 Å². The molecular weight excluding hydrogens is 400 g/mol. The number of fused-ring (bicyclic) bond motifs is 1. The minimum atomic E-state index is 0.0368. The fourth-order valence-electron chi connectivity index (χ4n) is 4.00. The van der Waals surface area contributed by atoms with Gasteiger partial charge in [0.15, 0.2) is 0 Å². The van der Waals surface area contributed by atoms with E-state index in [0.717, 1.165) is 52.8 Å². The van der Waals surface area contributed by atoms with Crippen LogP contribution in [0.3, 0.4) is 0 Å². The molecule has 1 aromatic carbocycles. The second-order valence-electron chi connectivity index (χ2n) is 10.7. The van der Waals surface area contributed by atoms with Gasteiger partial charge in [0.2, 0.25) is 0 Å². The molecule has 172 valence electrons. The summed E-state index contributed by atoms with van der Waals surface area (Å²) in [4.78, 5) is 11.3. The molecule has 1 aliphatic rings. The van der Waals surface area contributed by atoms with Crippen molar-refractivity contribution in [2.75, 3.05) is 19.8 Å². The van der Waals surface area contributed by atoms with E-state index in [-0.39, 0.29) is 10.8 Å². The summed E-state index contributed by atoms with van der Waals surface area (Å²) in [6.45, 7) is 14.6.